The highest BCUT2D eigenvalue weighted by molar-refractivity contribution is 5.99. The number of rotatable bonds is 4. The van der Waals surface area contributed by atoms with Crippen LogP contribution < -0.4 is 5.73 Å². The Morgan fingerprint density at radius 1 is 1.43 bits per heavy atom. The van der Waals surface area contributed by atoms with Gasteiger partial charge in [0.15, 0.2) is 0 Å². The predicted octanol–water partition coefficient (Wildman–Crippen LogP) is 2.23. The van der Waals surface area contributed by atoms with Crippen LogP contribution >= 0.6 is 0 Å². The van der Waals surface area contributed by atoms with Crippen molar-refractivity contribution in [3.63, 3.8) is 0 Å². The summed E-state index contributed by atoms with van der Waals surface area (Å²) in [7, 11) is 0. The molecule has 1 fully saturated rings. The van der Waals surface area contributed by atoms with Crippen LogP contribution in [0.3, 0.4) is 0 Å². The van der Waals surface area contributed by atoms with Gasteiger partial charge in [-0.2, -0.15) is 0 Å². The Balaban J connectivity index is 2.05. The van der Waals surface area contributed by atoms with Crippen LogP contribution in [0.25, 0.3) is 0 Å². The monoisotopic (exact) mass is 290 g/mol. The lowest BCUT2D eigenvalue weighted by atomic mass is 9.84. The first-order chi connectivity index (χ1) is 9.99. The molecule has 1 amide bonds. The Hall–Kier alpha value is -2.04. The number of nitrogens with two attached hydrogens (primary N) is 1. The first-order valence-electron chi connectivity index (χ1n) is 7.34. The molecular weight excluding hydrogens is 268 g/mol. The Morgan fingerprint density at radius 2 is 2.14 bits per heavy atom. The van der Waals surface area contributed by atoms with Crippen molar-refractivity contribution < 1.29 is 14.7 Å². The number of hydrogen-bond acceptors (Lipinski definition) is 3. The van der Waals surface area contributed by atoms with Gasteiger partial charge in [-0.15, -0.1) is 0 Å². The number of carbonyl (C=O) groups is 2. The number of amides is 1. The van der Waals surface area contributed by atoms with E-state index < -0.39 is 5.97 Å². The zero-order chi connectivity index (χ0) is 15.4. The summed E-state index contributed by atoms with van der Waals surface area (Å²) in [5.74, 6) is -0.520. The summed E-state index contributed by atoms with van der Waals surface area (Å²) in [5, 5.41) is 8.91. The van der Waals surface area contributed by atoms with Crippen LogP contribution in [0, 0.1) is 11.8 Å². The molecule has 0 bridgehead atoms. The van der Waals surface area contributed by atoms with Gasteiger partial charge in [0.2, 0.25) is 0 Å². The Labute approximate surface area is 124 Å². The lowest BCUT2D eigenvalue weighted by molar-refractivity contribution is -0.138. The number of carboxylic acid groups (broad SMARTS) is 1. The van der Waals surface area contributed by atoms with E-state index in [2.05, 4.69) is 0 Å². The van der Waals surface area contributed by atoms with Crippen molar-refractivity contribution in [2.75, 3.05) is 18.8 Å². The molecule has 2 atom stereocenters. The normalized spacial score (nSPS) is 20.0. The Morgan fingerprint density at radius 3 is 2.81 bits per heavy atom. The zero-order valence-electron chi connectivity index (χ0n) is 12.3. The molecule has 5 heteroatoms. The SMILES string of the molecule is CC(CC(=O)O)C1CCCN(C(=O)c2ccccc2N)C1. The van der Waals surface area contributed by atoms with Crippen LogP contribution in [0.5, 0.6) is 0 Å². The standard InChI is InChI=1S/C16H22N2O3/c1-11(9-15(19)20)12-5-4-8-18(10-12)16(21)13-6-2-3-7-14(13)17/h2-3,6-7,11-12H,4-5,8-10,17H2,1H3,(H,19,20). The maximum Gasteiger partial charge on any atom is 0.303 e. The van der Waals surface area contributed by atoms with Gasteiger partial charge in [-0.1, -0.05) is 19.1 Å². The highest BCUT2D eigenvalue weighted by atomic mass is 16.4. The van der Waals surface area contributed by atoms with Crippen molar-refractivity contribution >= 4 is 17.6 Å². The highest BCUT2D eigenvalue weighted by Crippen LogP contribution is 2.27. The number of nitrogen functional groups attached to an aromatic ring is 1. The van der Waals surface area contributed by atoms with Crippen molar-refractivity contribution in [1.29, 1.82) is 0 Å². The fourth-order valence-corrected chi connectivity index (χ4v) is 2.96. The number of anilines is 1. The molecule has 0 radical (unpaired) electrons. The molecule has 0 aromatic heterocycles. The molecule has 2 rings (SSSR count). The fraction of sp³-hybridized carbons (Fsp3) is 0.500. The minimum atomic E-state index is -0.779. The van der Waals surface area contributed by atoms with E-state index in [-0.39, 0.29) is 24.2 Å². The van der Waals surface area contributed by atoms with Crippen molar-refractivity contribution in [1.82, 2.24) is 4.90 Å². The summed E-state index contributed by atoms with van der Waals surface area (Å²) < 4.78 is 0. The lowest BCUT2D eigenvalue weighted by Gasteiger charge is -2.35. The molecule has 2 unspecified atom stereocenters. The van der Waals surface area contributed by atoms with E-state index in [4.69, 9.17) is 10.8 Å². The Bertz CT molecular complexity index is 530. The summed E-state index contributed by atoms with van der Waals surface area (Å²) >= 11 is 0. The van der Waals surface area contributed by atoms with Gasteiger partial charge in [-0.05, 0) is 36.8 Å². The number of para-hydroxylation sites is 1. The van der Waals surface area contributed by atoms with Crippen LogP contribution in [0.4, 0.5) is 5.69 Å². The molecule has 5 nitrogen and oxygen atoms in total. The van der Waals surface area contributed by atoms with Crippen molar-refractivity contribution in [2.24, 2.45) is 11.8 Å². The molecule has 1 aliphatic heterocycles. The molecule has 1 aromatic carbocycles. The summed E-state index contributed by atoms with van der Waals surface area (Å²) in [4.78, 5) is 25.2. The molecule has 0 spiro atoms. The molecule has 1 aromatic rings. The number of hydrogen-bond donors (Lipinski definition) is 2. The quantitative estimate of drug-likeness (QED) is 0.833. The lowest BCUT2D eigenvalue weighted by Crippen LogP contribution is -2.42. The van der Waals surface area contributed by atoms with E-state index in [1.165, 1.54) is 0 Å². The maximum atomic E-state index is 12.5. The van der Waals surface area contributed by atoms with E-state index in [0.29, 0.717) is 24.3 Å². The number of likely N-dealkylation sites (tertiary alicyclic amines) is 1. The Kier molecular flexibility index (Phi) is 4.83. The second-order valence-corrected chi connectivity index (χ2v) is 5.82. The van der Waals surface area contributed by atoms with Gasteiger partial charge in [0.25, 0.3) is 5.91 Å². The minimum Gasteiger partial charge on any atom is -0.481 e. The predicted molar refractivity (Wildman–Crippen MR) is 80.9 cm³/mol. The molecule has 1 heterocycles. The second-order valence-electron chi connectivity index (χ2n) is 5.82. The number of nitrogens with zero attached hydrogens (tertiary/aromatic N) is 1. The molecule has 0 aliphatic carbocycles. The molecular formula is C16H22N2O3. The number of carbonyl (C=O) groups excluding carboxylic acids is 1. The number of piperidine rings is 1. The van der Waals surface area contributed by atoms with Gasteiger partial charge in [-0.3, -0.25) is 9.59 Å². The fourth-order valence-electron chi connectivity index (χ4n) is 2.96. The third-order valence-corrected chi connectivity index (χ3v) is 4.24. The van der Waals surface area contributed by atoms with Crippen LogP contribution in [-0.4, -0.2) is 35.0 Å². The van der Waals surface area contributed by atoms with Gasteiger partial charge in [0.05, 0.1) is 5.56 Å². The van der Waals surface area contributed by atoms with Crippen molar-refractivity contribution in [3.05, 3.63) is 29.8 Å². The third kappa shape index (κ3) is 3.74. The smallest absolute Gasteiger partial charge is 0.303 e. The van der Waals surface area contributed by atoms with Crippen LogP contribution in [-0.2, 0) is 4.79 Å². The summed E-state index contributed by atoms with van der Waals surface area (Å²) in [6.07, 6.45) is 2.04. The maximum absolute atomic E-state index is 12.5. The highest BCUT2D eigenvalue weighted by Gasteiger charge is 2.29. The van der Waals surface area contributed by atoms with Crippen LogP contribution in [0.1, 0.15) is 36.5 Å². The van der Waals surface area contributed by atoms with Crippen molar-refractivity contribution in [3.8, 4) is 0 Å². The molecule has 1 aliphatic rings. The van der Waals surface area contributed by atoms with Gasteiger partial charge in [0.1, 0.15) is 0 Å². The van der Waals surface area contributed by atoms with E-state index >= 15 is 0 Å². The van der Waals surface area contributed by atoms with E-state index in [1.807, 2.05) is 6.92 Å². The summed E-state index contributed by atoms with van der Waals surface area (Å²) in [6.45, 7) is 3.27. The zero-order valence-corrected chi connectivity index (χ0v) is 12.3. The molecule has 21 heavy (non-hydrogen) atoms. The first-order valence-corrected chi connectivity index (χ1v) is 7.34. The van der Waals surface area contributed by atoms with Crippen molar-refractivity contribution in [2.45, 2.75) is 26.2 Å². The third-order valence-electron chi connectivity index (χ3n) is 4.24. The van der Waals surface area contributed by atoms with Crippen LogP contribution in [0.2, 0.25) is 0 Å². The van der Waals surface area contributed by atoms with Crippen LogP contribution in [0.15, 0.2) is 24.3 Å². The number of aliphatic carboxylic acids is 1. The molecule has 1 saturated heterocycles. The average molecular weight is 290 g/mol. The molecule has 114 valence electrons. The van der Waals surface area contributed by atoms with Gasteiger partial charge in [-0.25, -0.2) is 0 Å². The van der Waals surface area contributed by atoms with E-state index in [1.54, 1.807) is 29.2 Å². The number of carboxylic acids is 1. The topological polar surface area (TPSA) is 83.6 Å². The molecule has 0 saturated carbocycles. The molecule has 3 N–H and O–H groups in total. The summed E-state index contributed by atoms with van der Waals surface area (Å²) in [5.41, 5.74) is 6.88. The largest absolute Gasteiger partial charge is 0.481 e. The van der Waals surface area contributed by atoms with E-state index in [9.17, 15) is 9.59 Å². The average Bonchev–Trinajstić information content (AvgIpc) is 2.46. The first kappa shape index (κ1) is 15.4. The van der Waals surface area contributed by atoms with Gasteiger partial charge in [0, 0.05) is 25.2 Å². The number of benzene rings is 1. The van der Waals surface area contributed by atoms with Gasteiger partial charge >= 0.3 is 5.97 Å². The van der Waals surface area contributed by atoms with Gasteiger partial charge < -0.3 is 15.7 Å². The van der Waals surface area contributed by atoms with E-state index in [0.717, 1.165) is 12.8 Å². The summed E-state index contributed by atoms with van der Waals surface area (Å²) in [6, 6.07) is 7.07. The second kappa shape index (κ2) is 6.61. The minimum absolute atomic E-state index is 0.0553.